The highest BCUT2D eigenvalue weighted by atomic mass is 19.1. The number of fused-ring (bicyclic) bond motifs is 1. The van der Waals surface area contributed by atoms with Crippen molar-refractivity contribution in [3.05, 3.63) is 112 Å². The van der Waals surface area contributed by atoms with Crippen molar-refractivity contribution in [2.24, 2.45) is 0 Å². The molecule has 3 aromatic carbocycles. The Morgan fingerprint density at radius 2 is 1.57 bits per heavy atom. The average Bonchev–Trinajstić information content (AvgIpc) is 2.77. The molecule has 0 aliphatic carbocycles. The molecule has 30 heavy (non-hydrogen) atoms. The van der Waals surface area contributed by atoms with E-state index in [0.717, 1.165) is 5.56 Å². The van der Waals surface area contributed by atoms with Gasteiger partial charge in [0.2, 0.25) is 0 Å². The van der Waals surface area contributed by atoms with Crippen LogP contribution in [0.3, 0.4) is 0 Å². The van der Waals surface area contributed by atoms with Crippen LogP contribution in [0.5, 0.6) is 0 Å². The number of rotatable bonds is 6. The third-order valence-corrected chi connectivity index (χ3v) is 4.90. The first-order chi connectivity index (χ1) is 14.6. The van der Waals surface area contributed by atoms with Gasteiger partial charge in [0.25, 0.3) is 11.5 Å². The van der Waals surface area contributed by atoms with Crippen LogP contribution in [-0.4, -0.2) is 22.2 Å². The lowest BCUT2D eigenvalue weighted by molar-refractivity contribution is 0.0948. The summed E-state index contributed by atoms with van der Waals surface area (Å²) in [7, 11) is 0. The predicted octanol–water partition coefficient (Wildman–Crippen LogP) is 3.56. The van der Waals surface area contributed by atoms with Crippen LogP contribution in [0.1, 0.15) is 21.6 Å². The maximum Gasteiger partial charge on any atom is 0.274 e. The Morgan fingerprint density at radius 1 is 0.900 bits per heavy atom. The maximum atomic E-state index is 13.8. The molecule has 0 saturated heterocycles. The number of halogens is 1. The second-order valence-corrected chi connectivity index (χ2v) is 6.94. The van der Waals surface area contributed by atoms with E-state index < -0.39 is 5.91 Å². The number of hydrogen-bond acceptors (Lipinski definition) is 3. The topological polar surface area (TPSA) is 64.0 Å². The minimum atomic E-state index is -0.399. The molecule has 1 amide bonds. The quantitative estimate of drug-likeness (QED) is 0.537. The van der Waals surface area contributed by atoms with E-state index >= 15 is 0 Å². The molecule has 1 N–H and O–H groups in total. The number of nitrogens with one attached hydrogen (secondary N) is 1. The summed E-state index contributed by atoms with van der Waals surface area (Å²) < 4.78 is 15.1. The van der Waals surface area contributed by atoms with E-state index in [1.165, 1.54) is 10.7 Å². The highest BCUT2D eigenvalue weighted by Crippen LogP contribution is 2.14. The van der Waals surface area contributed by atoms with E-state index in [9.17, 15) is 14.0 Å². The van der Waals surface area contributed by atoms with Gasteiger partial charge in [-0.15, -0.1) is 0 Å². The summed E-state index contributed by atoms with van der Waals surface area (Å²) in [4.78, 5) is 25.7. The summed E-state index contributed by atoms with van der Waals surface area (Å²) in [6.45, 7) is 0.521. The summed E-state index contributed by atoms with van der Waals surface area (Å²) >= 11 is 0. The van der Waals surface area contributed by atoms with Gasteiger partial charge in [0, 0.05) is 11.9 Å². The molecule has 1 heterocycles. The summed E-state index contributed by atoms with van der Waals surface area (Å²) in [5, 5.41) is 8.08. The molecule has 150 valence electrons. The van der Waals surface area contributed by atoms with Crippen molar-refractivity contribution in [1.82, 2.24) is 15.1 Å². The van der Waals surface area contributed by atoms with Gasteiger partial charge in [-0.05, 0) is 29.7 Å². The molecule has 5 nitrogen and oxygen atoms in total. The molecule has 0 atom stereocenters. The predicted molar refractivity (Wildman–Crippen MR) is 114 cm³/mol. The van der Waals surface area contributed by atoms with Gasteiger partial charge in [0.05, 0.1) is 11.9 Å². The average molecular weight is 401 g/mol. The van der Waals surface area contributed by atoms with Crippen LogP contribution in [-0.2, 0) is 13.0 Å². The molecule has 0 aliphatic heterocycles. The summed E-state index contributed by atoms with van der Waals surface area (Å²) in [6.07, 6.45) is 0.361. The highest BCUT2D eigenvalue weighted by molar-refractivity contribution is 6.04. The van der Waals surface area contributed by atoms with Gasteiger partial charge in [-0.1, -0.05) is 66.7 Å². The molecule has 0 spiro atoms. The van der Waals surface area contributed by atoms with Gasteiger partial charge in [-0.25, -0.2) is 9.07 Å². The van der Waals surface area contributed by atoms with Crippen molar-refractivity contribution in [3.63, 3.8) is 0 Å². The molecule has 0 aliphatic rings. The molecule has 1 aromatic heterocycles. The third-order valence-electron chi connectivity index (χ3n) is 4.90. The molecule has 0 fully saturated rings. The highest BCUT2D eigenvalue weighted by Gasteiger charge is 2.16. The minimum absolute atomic E-state index is 0.176. The van der Waals surface area contributed by atoms with Crippen LogP contribution in [0.4, 0.5) is 4.39 Å². The fourth-order valence-electron chi connectivity index (χ4n) is 3.36. The zero-order chi connectivity index (χ0) is 20.9. The van der Waals surface area contributed by atoms with Crippen LogP contribution >= 0.6 is 0 Å². The van der Waals surface area contributed by atoms with Crippen molar-refractivity contribution in [1.29, 1.82) is 0 Å². The Hall–Kier alpha value is -3.80. The molecule has 0 radical (unpaired) electrons. The Morgan fingerprint density at radius 3 is 2.33 bits per heavy atom. The molecular formula is C24H20FN3O2. The Bertz CT molecular complexity index is 1250. The van der Waals surface area contributed by atoms with Gasteiger partial charge in [0.15, 0.2) is 5.69 Å². The number of amides is 1. The van der Waals surface area contributed by atoms with Crippen LogP contribution in [0.25, 0.3) is 10.8 Å². The maximum absolute atomic E-state index is 13.8. The lowest BCUT2D eigenvalue weighted by atomic mass is 10.1. The molecule has 0 unspecified atom stereocenters. The Kier molecular flexibility index (Phi) is 5.66. The smallest absolute Gasteiger partial charge is 0.274 e. The lowest BCUT2D eigenvalue weighted by Gasteiger charge is -2.12. The van der Waals surface area contributed by atoms with Crippen LogP contribution < -0.4 is 10.9 Å². The Labute approximate surface area is 172 Å². The fourth-order valence-corrected chi connectivity index (χ4v) is 3.36. The lowest BCUT2D eigenvalue weighted by Crippen LogP contribution is -2.32. The normalized spacial score (nSPS) is 10.8. The summed E-state index contributed by atoms with van der Waals surface area (Å²) in [5.74, 6) is -0.698. The van der Waals surface area contributed by atoms with Gasteiger partial charge < -0.3 is 5.32 Å². The number of benzene rings is 3. The zero-order valence-corrected chi connectivity index (χ0v) is 16.2. The summed E-state index contributed by atoms with van der Waals surface area (Å²) in [6, 6.07) is 22.9. The number of nitrogens with zero attached hydrogens (tertiary/aromatic N) is 2. The van der Waals surface area contributed by atoms with E-state index in [4.69, 9.17) is 0 Å². The van der Waals surface area contributed by atoms with Gasteiger partial charge >= 0.3 is 0 Å². The van der Waals surface area contributed by atoms with E-state index in [0.29, 0.717) is 22.8 Å². The second kappa shape index (κ2) is 8.69. The third kappa shape index (κ3) is 4.12. The number of carbonyl (C=O) groups is 1. The number of hydrogen-bond donors (Lipinski definition) is 1. The minimum Gasteiger partial charge on any atom is -0.350 e. The second-order valence-electron chi connectivity index (χ2n) is 6.94. The fraction of sp³-hybridized carbons (Fsp3) is 0.125. The first-order valence-electron chi connectivity index (χ1n) is 9.69. The molecule has 0 bridgehead atoms. The van der Waals surface area contributed by atoms with Crippen molar-refractivity contribution < 1.29 is 9.18 Å². The van der Waals surface area contributed by atoms with Gasteiger partial charge in [-0.3, -0.25) is 9.59 Å². The van der Waals surface area contributed by atoms with Crippen LogP contribution in [0.15, 0.2) is 83.7 Å². The van der Waals surface area contributed by atoms with E-state index in [-0.39, 0.29) is 30.2 Å². The molecule has 0 saturated carbocycles. The number of carbonyl (C=O) groups excluding carboxylic acids is 1. The first-order valence-corrected chi connectivity index (χ1v) is 9.69. The monoisotopic (exact) mass is 401 g/mol. The number of aromatic nitrogens is 2. The van der Waals surface area contributed by atoms with E-state index in [1.54, 1.807) is 42.5 Å². The largest absolute Gasteiger partial charge is 0.350 e. The van der Waals surface area contributed by atoms with Crippen LogP contribution in [0.2, 0.25) is 0 Å². The van der Waals surface area contributed by atoms with Crippen molar-refractivity contribution in [2.75, 3.05) is 6.54 Å². The SMILES string of the molecule is O=C(NCCc1ccccc1F)c1nn(Cc2ccccc2)c(=O)c2ccccc12. The Balaban J connectivity index is 1.62. The van der Waals surface area contributed by atoms with Gasteiger partial charge in [-0.2, -0.15) is 5.10 Å². The summed E-state index contributed by atoms with van der Waals surface area (Å²) in [5.41, 5.74) is 1.37. The molecule has 4 rings (SSSR count). The molecular weight excluding hydrogens is 381 g/mol. The molecule has 4 aromatic rings. The van der Waals surface area contributed by atoms with Crippen LogP contribution in [0, 0.1) is 5.82 Å². The zero-order valence-electron chi connectivity index (χ0n) is 16.2. The van der Waals surface area contributed by atoms with E-state index in [2.05, 4.69) is 10.4 Å². The standard InChI is InChI=1S/C24H20FN3O2/c25-21-13-7-4-10-18(21)14-15-26-23(29)22-19-11-5-6-12-20(19)24(30)28(27-22)16-17-8-2-1-3-9-17/h1-13H,14-16H2,(H,26,29). The first kappa shape index (κ1) is 19.5. The van der Waals surface area contributed by atoms with Gasteiger partial charge in [0.1, 0.15) is 5.82 Å². The van der Waals surface area contributed by atoms with E-state index in [1.807, 2.05) is 30.3 Å². The van der Waals surface area contributed by atoms with Crippen molar-refractivity contribution in [3.8, 4) is 0 Å². The van der Waals surface area contributed by atoms with Crippen molar-refractivity contribution >= 4 is 16.7 Å². The van der Waals surface area contributed by atoms with Crippen molar-refractivity contribution in [2.45, 2.75) is 13.0 Å². The molecule has 6 heteroatoms.